The maximum absolute atomic E-state index is 13.6. The van der Waals surface area contributed by atoms with Crippen molar-refractivity contribution in [2.45, 2.75) is 31.7 Å². The Morgan fingerprint density at radius 1 is 0.944 bits per heavy atom. The number of allylic oxidation sites excluding steroid dienone is 2. The minimum atomic E-state index is -0.389. The van der Waals surface area contributed by atoms with Gasteiger partial charge in [-0.05, 0) is 56.0 Å². The van der Waals surface area contributed by atoms with Crippen LogP contribution in [0.4, 0.5) is 11.4 Å². The molecule has 2 heterocycles. The third-order valence-corrected chi connectivity index (χ3v) is 7.46. The van der Waals surface area contributed by atoms with Gasteiger partial charge in [0.2, 0.25) is 5.91 Å². The summed E-state index contributed by atoms with van der Waals surface area (Å²) in [5, 5.41) is 17.7. The van der Waals surface area contributed by atoms with E-state index in [0.717, 1.165) is 49.3 Å². The van der Waals surface area contributed by atoms with Crippen LogP contribution in [-0.2, 0) is 4.79 Å². The molecule has 9 heteroatoms. The van der Waals surface area contributed by atoms with Crippen LogP contribution >= 0.6 is 0 Å². The molecule has 9 nitrogen and oxygen atoms in total. The summed E-state index contributed by atoms with van der Waals surface area (Å²) >= 11 is 0. The lowest BCUT2D eigenvalue weighted by atomic mass is 9.76. The Balaban J connectivity index is 1.39. The van der Waals surface area contributed by atoms with E-state index in [4.69, 9.17) is 14.6 Å². The number of rotatable bonds is 6. The third kappa shape index (κ3) is 4.41. The molecule has 2 atom stereocenters. The molecule has 36 heavy (non-hydrogen) atoms. The van der Waals surface area contributed by atoms with Crippen molar-refractivity contribution in [3.8, 4) is 11.5 Å². The van der Waals surface area contributed by atoms with Gasteiger partial charge in [-0.3, -0.25) is 14.9 Å². The molecule has 2 aliphatic heterocycles. The van der Waals surface area contributed by atoms with Gasteiger partial charge in [0.05, 0.1) is 36.8 Å². The summed E-state index contributed by atoms with van der Waals surface area (Å²) in [6.07, 6.45) is 7.30. The Morgan fingerprint density at radius 3 is 2.25 bits per heavy atom. The Hall–Kier alpha value is -3.88. The van der Waals surface area contributed by atoms with Gasteiger partial charge >= 0.3 is 0 Å². The summed E-state index contributed by atoms with van der Waals surface area (Å²) in [4.78, 5) is 26.4. The first-order valence-electron chi connectivity index (χ1n) is 12.3. The first-order chi connectivity index (χ1) is 17.5. The quantitative estimate of drug-likeness (QED) is 0.338. The predicted octanol–water partition coefficient (Wildman–Crippen LogP) is 4.41. The van der Waals surface area contributed by atoms with E-state index < -0.39 is 0 Å². The van der Waals surface area contributed by atoms with E-state index in [1.54, 1.807) is 31.4 Å². The fourth-order valence-corrected chi connectivity index (χ4v) is 5.48. The molecule has 2 aromatic carbocycles. The molecule has 0 saturated carbocycles. The van der Waals surface area contributed by atoms with Gasteiger partial charge in [-0.2, -0.15) is 5.10 Å². The van der Waals surface area contributed by atoms with Crippen LogP contribution in [0.2, 0.25) is 0 Å². The van der Waals surface area contributed by atoms with Gasteiger partial charge in [0, 0.05) is 42.4 Å². The average Bonchev–Trinajstić information content (AvgIpc) is 2.93. The minimum Gasteiger partial charge on any atom is -0.493 e. The normalized spacial score (nSPS) is 22.2. The Kier molecular flexibility index (Phi) is 6.63. The van der Waals surface area contributed by atoms with Gasteiger partial charge in [0.15, 0.2) is 11.5 Å². The summed E-state index contributed by atoms with van der Waals surface area (Å²) in [7, 11) is 3.23. The van der Waals surface area contributed by atoms with E-state index in [1.165, 1.54) is 12.1 Å². The van der Waals surface area contributed by atoms with E-state index in [2.05, 4.69) is 17.1 Å². The highest BCUT2D eigenvalue weighted by Crippen LogP contribution is 2.38. The number of nitro benzene ring substituents is 1. The molecule has 1 amide bonds. The van der Waals surface area contributed by atoms with Gasteiger partial charge in [-0.25, -0.2) is 5.01 Å². The molecular weight excluding hydrogens is 460 g/mol. The summed E-state index contributed by atoms with van der Waals surface area (Å²) in [6, 6.07) is 12.5. The van der Waals surface area contributed by atoms with Gasteiger partial charge in [0.1, 0.15) is 0 Å². The monoisotopic (exact) mass is 490 g/mol. The number of hydrogen-bond donors (Lipinski definition) is 0. The number of carbonyl (C=O) groups is 1. The molecule has 2 aromatic rings. The van der Waals surface area contributed by atoms with Crippen molar-refractivity contribution < 1.29 is 19.2 Å². The number of hydrazone groups is 1. The summed E-state index contributed by atoms with van der Waals surface area (Å²) in [6.45, 7) is 1.50. The highest BCUT2D eigenvalue weighted by atomic mass is 16.6. The maximum atomic E-state index is 13.6. The lowest BCUT2D eigenvalue weighted by Crippen LogP contribution is -2.52. The fourth-order valence-electron chi connectivity index (χ4n) is 5.48. The van der Waals surface area contributed by atoms with Crippen molar-refractivity contribution >= 4 is 23.0 Å². The Bertz CT molecular complexity index is 1200. The number of ether oxygens (including phenoxy) is 2. The van der Waals surface area contributed by atoms with Crippen LogP contribution < -0.4 is 14.4 Å². The first-order valence-corrected chi connectivity index (χ1v) is 12.3. The van der Waals surface area contributed by atoms with E-state index >= 15 is 0 Å². The molecule has 0 radical (unpaired) electrons. The largest absolute Gasteiger partial charge is 0.493 e. The Morgan fingerprint density at radius 2 is 1.61 bits per heavy atom. The van der Waals surface area contributed by atoms with Crippen LogP contribution in [0, 0.1) is 22.0 Å². The maximum Gasteiger partial charge on any atom is 0.269 e. The molecule has 0 N–H and O–H groups in total. The second-order valence-corrected chi connectivity index (χ2v) is 9.39. The molecule has 5 rings (SSSR count). The molecule has 2 unspecified atom stereocenters. The molecule has 0 aromatic heterocycles. The zero-order valence-electron chi connectivity index (χ0n) is 20.5. The van der Waals surface area contributed by atoms with Gasteiger partial charge in [-0.1, -0.05) is 12.2 Å². The number of piperidine rings is 1. The highest BCUT2D eigenvalue weighted by molar-refractivity contribution is 6.07. The van der Waals surface area contributed by atoms with Crippen molar-refractivity contribution in [3.63, 3.8) is 0 Å². The van der Waals surface area contributed by atoms with E-state index in [-0.39, 0.29) is 34.4 Å². The number of hydrogen-bond acceptors (Lipinski definition) is 7. The van der Waals surface area contributed by atoms with Crippen LogP contribution in [-0.4, -0.2) is 54.9 Å². The summed E-state index contributed by atoms with van der Waals surface area (Å²) < 4.78 is 10.9. The van der Waals surface area contributed by atoms with E-state index in [9.17, 15) is 14.9 Å². The number of benzene rings is 2. The lowest BCUT2D eigenvalue weighted by molar-refractivity contribution is -0.384. The van der Waals surface area contributed by atoms with Crippen molar-refractivity contribution in [3.05, 3.63) is 70.3 Å². The molecule has 1 fully saturated rings. The number of amides is 1. The number of nitro groups is 1. The molecule has 1 saturated heterocycles. The average molecular weight is 491 g/mol. The number of carbonyl (C=O) groups excluding carboxylic acids is 1. The van der Waals surface area contributed by atoms with Crippen molar-refractivity contribution in [2.75, 3.05) is 32.2 Å². The van der Waals surface area contributed by atoms with Crippen molar-refractivity contribution in [1.82, 2.24) is 5.01 Å². The third-order valence-electron chi connectivity index (χ3n) is 7.46. The van der Waals surface area contributed by atoms with Crippen LogP contribution in [0.1, 0.15) is 31.2 Å². The molecule has 0 bridgehead atoms. The second-order valence-electron chi connectivity index (χ2n) is 9.39. The van der Waals surface area contributed by atoms with E-state index in [0.29, 0.717) is 17.9 Å². The molecule has 0 spiro atoms. The van der Waals surface area contributed by atoms with Crippen LogP contribution in [0.3, 0.4) is 0 Å². The number of anilines is 1. The van der Waals surface area contributed by atoms with E-state index in [1.807, 2.05) is 18.2 Å². The van der Waals surface area contributed by atoms with Gasteiger partial charge < -0.3 is 14.4 Å². The SMILES string of the molecule is COc1ccc(C2=NN(C3CCN(c4ccc([N+](=O)[O-])cc4)CC3)C(=O)C3CC=CCC23)cc1OC. The number of nitrogens with zero attached hydrogens (tertiary/aromatic N) is 4. The minimum absolute atomic E-state index is 0.00815. The standard InChI is InChI=1S/C27H30N4O5/c1-35-24-12-7-18(17-25(24)36-2)26-22-5-3-4-6-23(22)27(32)30(28-26)20-13-15-29(16-14-20)19-8-10-21(11-9-19)31(33)34/h3-4,7-12,17,20,22-23H,5-6,13-16H2,1-2H3. The zero-order chi connectivity index (χ0) is 25.2. The second kappa shape index (κ2) is 10.0. The van der Waals surface area contributed by atoms with Crippen LogP contribution in [0.15, 0.2) is 59.7 Å². The Labute approximate surface area is 210 Å². The number of methoxy groups -OCH3 is 2. The predicted molar refractivity (Wildman–Crippen MR) is 137 cm³/mol. The molecule has 1 aliphatic carbocycles. The summed E-state index contributed by atoms with van der Waals surface area (Å²) in [5.41, 5.74) is 2.90. The van der Waals surface area contributed by atoms with Crippen LogP contribution in [0.5, 0.6) is 11.5 Å². The zero-order valence-corrected chi connectivity index (χ0v) is 20.5. The van der Waals surface area contributed by atoms with Gasteiger partial charge in [0.25, 0.3) is 5.69 Å². The number of non-ortho nitro benzene ring substituents is 1. The smallest absolute Gasteiger partial charge is 0.269 e. The van der Waals surface area contributed by atoms with Crippen LogP contribution in [0.25, 0.3) is 0 Å². The summed E-state index contributed by atoms with van der Waals surface area (Å²) in [5.74, 6) is 1.31. The lowest BCUT2D eigenvalue weighted by Gasteiger charge is -2.43. The molecular formula is C27H30N4O5. The topological polar surface area (TPSA) is 97.5 Å². The highest BCUT2D eigenvalue weighted by Gasteiger charge is 2.43. The van der Waals surface area contributed by atoms with Crippen molar-refractivity contribution in [1.29, 1.82) is 0 Å². The first kappa shape index (κ1) is 23.8. The molecule has 3 aliphatic rings. The van der Waals surface area contributed by atoms with Crippen molar-refractivity contribution in [2.24, 2.45) is 16.9 Å². The molecule has 188 valence electrons. The number of fused-ring (bicyclic) bond motifs is 1. The van der Waals surface area contributed by atoms with Gasteiger partial charge in [-0.15, -0.1) is 0 Å². The fraction of sp³-hybridized carbons (Fsp3) is 0.407.